The lowest BCUT2D eigenvalue weighted by molar-refractivity contribution is 0.203. The second-order valence-corrected chi connectivity index (χ2v) is 23.5. The van der Waals surface area contributed by atoms with Crippen LogP contribution in [0.4, 0.5) is 0 Å². The SMILES string of the molecule is Cc1cc(C)c(-c2cc(Oc3cc4c(cc3C)C(C)(C)c3cc(C(C)(C)C)cc5c6cc(C)cnc6n-4c35)cc(C3=N[C@]4(C)Cc5cc(C)c(C)cc5[C@]4(C(C)(C)C)S3)c2)c(C)c1. The summed E-state index contributed by atoms with van der Waals surface area (Å²) in [6, 6.07) is 28.2. The molecule has 10 rings (SSSR count). The van der Waals surface area contributed by atoms with Gasteiger partial charge in [-0.15, -0.1) is 0 Å². The predicted octanol–water partition coefficient (Wildman–Crippen LogP) is 15.5. The molecule has 322 valence electrons. The van der Waals surface area contributed by atoms with Gasteiger partial charge in [-0.1, -0.05) is 103 Å². The van der Waals surface area contributed by atoms with Crippen molar-refractivity contribution in [3.8, 4) is 28.3 Å². The fourth-order valence-electron chi connectivity index (χ4n) is 11.9. The van der Waals surface area contributed by atoms with Crippen molar-refractivity contribution in [2.24, 2.45) is 10.4 Å². The molecule has 5 heteroatoms. The molecule has 0 radical (unpaired) electrons. The highest BCUT2D eigenvalue weighted by Gasteiger charge is 2.65. The molecule has 0 amide bonds. The lowest BCUT2D eigenvalue weighted by atomic mass is 9.68. The number of fused-ring (bicyclic) bond motifs is 8. The highest BCUT2D eigenvalue weighted by molar-refractivity contribution is 8.15. The Morgan fingerprint density at radius 3 is 1.98 bits per heavy atom. The van der Waals surface area contributed by atoms with Crippen LogP contribution < -0.4 is 4.74 Å². The largest absolute Gasteiger partial charge is 0.457 e. The predicted molar refractivity (Wildman–Crippen MR) is 268 cm³/mol. The van der Waals surface area contributed by atoms with Gasteiger partial charge in [-0.05, 0) is 181 Å². The molecule has 0 saturated carbocycles. The number of aryl methyl sites for hydroxylation is 7. The summed E-state index contributed by atoms with van der Waals surface area (Å²) in [6.45, 7) is 36.8. The minimum absolute atomic E-state index is 0.00154. The van der Waals surface area contributed by atoms with Crippen LogP contribution in [0.2, 0.25) is 0 Å². The van der Waals surface area contributed by atoms with E-state index in [1.54, 1.807) is 0 Å². The number of pyridine rings is 1. The molecular formula is C58H63N3OS. The number of thioether (sulfide) groups is 1. The zero-order chi connectivity index (χ0) is 45.1. The van der Waals surface area contributed by atoms with Gasteiger partial charge in [0.1, 0.15) is 17.1 Å². The van der Waals surface area contributed by atoms with Gasteiger partial charge in [-0.3, -0.25) is 9.56 Å². The fourth-order valence-corrected chi connectivity index (χ4v) is 13.6. The minimum Gasteiger partial charge on any atom is -0.457 e. The summed E-state index contributed by atoms with van der Waals surface area (Å²) >= 11 is 1.98. The molecule has 0 unspecified atom stereocenters. The normalized spacial score (nSPS) is 20.0. The second kappa shape index (κ2) is 13.5. The number of rotatable bonds is 4. The van der Waals surface area contributed by atoms with E-state index in [2.05, 4.69) is 188 Å². The van der Waals surface area contributed by atoms with Crippen molar-refractivity contribution in [3.05, 3.63) is 151 Å². The Labute approximate surface area is 379 Å². The van der Waals surface area contributed by atoms with Gasteiger partial charge in [-0.25, -0.2) is 4.98 Å². The molecule has 2 aromatic heterocycles. The summed E-state index contributed by atoms with van der Waals surface area (Å²) in [5.74, 6) is 1.66. The summed E-state index contributed by atoms with van der Waals surface area (Å²) in [7, 11) is 0. The number of hydrogen-bond donors (Lipinski definition) is 0. The first-order chi connectivity index (χ1) is 29.4. The maximum absolute atomic E-state index is 7.26. The van der Waals surface area contributed by atoms with Crippen LogP contribution in [0.3, 0.4) is 0 Å². The first-order valence-electron chi connectivity index (χ1n) is 22.8. The third-order valence-corrected chi connectivity index (χ3v) is 17.1. The van der Waals surface area contributed by atoms with Gasteiger partial charge in [0.15, 0.2) is 0 Å². The van der Waals surface area contributed by atoms with Crippen LogP contribution in [0, 0.1) is 53.9 Å². The fraction of sp³-hybridized carbons (Fsp3) is 0.379. The van der Waals surface area contributed by atoms with E-state index in [1.807, 2.05) is 18.0 Å². The molecule has 4 heterocycles. The summed E-state index contributed by atoms with van der Waals surface area (Å²) in [4.78, 5) is 10.9. The van der Waals surface area contributed by atoms with Crippen molar-refractivity contribution in [2.45, 2.75) is 138 Å². The molecule has 1 aliphatic carbocycles. The van der Waals surface area contributed by atoms with Gasteiger partial charge in [0.05, 0.1) is 26.5 Å². The first-order valence-corrected chi connectivity index (χ1v) is 23.7. The summed E-state index contributed by atoms with van der Waals surface area (Å²) < 4.78 is 9.45. The van der Waals surface area contributed by atoms with Crippen LogP contribution in [0.5, 0.6) is 11.5 Å². The standard InChI is InChI=1S/C58H63N3OS/c1-31-17-36(6)50(37(7)18-31)38-23-39(53-60-57(16)29-40-20-33(3)34(4)21-45(40)58(57,63-53)55(11,12)13)25-42(24-38)62-49-28-48-46(22-35(49)5)56(14,15)47-27-41(54(8,9)10)26-43-44-19-32(2)30-59-52(44)61(48)51(43)47/h17-28,30H,29H2,1-16H3/t57-,58-/m1/s1. The number of aromatic nitrogens is 2. The van der Waals surface area contributed by atoms with Crippen LogP contribution in [0.15, 0.2) is 84.0 Å². The van der Waals surface area contributed by atoms with E-state index < -0.39 is 0 Å². The van der Waals surface area contributed by atoms with Crippen molar-refractivity contribution < 1.29 is 4.74 Å². The van der Waals surface area contributed by atoms with Gasteiger partial charge in [0, 0.05) is 34.0 Å². The van der Waals surface area contributed by atoms with Gasteiger partial charge in [0.2, 0.25) is 0 Å². The maximum Gasteiger partial charge on any atom is 0.145 e. The first kappa shape index (κ1) is 41.9. The van der Waals surface area contributed by atoms with E-state index in [0.29, 0.717) is 0 Å². The van der Waals surface area contributed by atoms with Gasteiger partial charge < -0.3 is 4.74 Å². The van der Waals surface area contributed by atoms with E-state index >= 15 is 0 Å². The molecule has 5 aromatic carbocycles. The van der Waals surface area contributed by atoms with E-state index in [1.165, 1.54) is 77.5 Å². The summed E-state index contributed by atoms with van der Waals surface area (Å²) in [6.07, 6.45) is 2.93. The van der Waals surface area contributed by atoms with Crippen molar-refractivity contribution >= 4 is 38.7 Å². The number of aliphatic imine (C=N–C) groups is 1. The van der Waals surface area contributed by atoms with Crippen LogP contribution in [-0.2, 0) is 22.0 Å². The lowest BCUT2D eigenvalue weighted by Crippen LogP contribution is -2.49. The van der Waals surface area contributed by atoms with E-state index in [4.69, 9.17) is 14.7 Å². The highest BCUT2D eigenvalue weighted by atomic mass is 32.2. The molecule has 2 atom stereocenters. The van der Waals surface area contributed by atoms with E-state index in [9.17, 15) is 0 Å². The Morgan fingerprint density at radius 2 is 1.30 bits per heavy atom. The number of benzene rings is 5. The third kappa shape index (κ3) is 6.00. The molecule has 0 saturated heterocycles. The molecule has 2 aliphatic heterocycles. The number of hydrogen-bond acceptors (Lipinski definition) is 4. The van der Waals surface area contributed by atoms with Gasteiger partial charge in [0.25, 0.3) is 0 Å². The second-order valence-electron chi connectivity index (χ2n) is 22.3. The molecule has 3 aliphatic rings. The molecule has 4 nitrogen and oxygen atoms in total. The quantitative estimate of drug-likeness (QED) is 0.177. The molecule has 7 aromatic rings. The monoisotopic (exact) mass is 849 g/mol. The molecule has 0 fully saturated rings. The Morgan fingerprint density at radius 1 is 0.635 bits per heavy atom. The molecule has 0 N–H and O–H groups in total. The van der Waals surface area contributed by atoms with Crippen molar-refractivity contribution in [3.63, 3.8) is 0 Å². The zero-order valence-corrected chi connectivity index (χ0v) is 41.2. The molecule has 63 heavy (non-hydrogen) atoms. The minimum atomic E-state index is -0.302. The van der Waals surface area contributed by atoms with Crippen LogP contribution in [0.1, 0.15) is 135 Å². The molecule has 0 bridgehead atoms. The molecular weight excluding hydrogens is 787 g/mol. The maximum atomic E-state index is 7.26. The van der Waals surface area contributed by atoms with Crippen molar-refractivity contribution in [1.29, 1.82) is 0 Å². The van der Waals surface area contributed by atoms with Gasteiger partial charge in [-0.2, -0.15) is 0 Å². The van der Waals surface area contributed by atoms with Crippen molar-refractivity contribution in [2.75, 3.05) is 0 Å². The average Bonchev–Trinajstić information content (AvgIpc) is 3.75. The Bertz CT molecular complexity index is 3160. The summed E-state index contributed by atoms with van der Waals surface area (Å²) in [5, 5.41) is 3.54. The third-order valence-electron chi connectivity index (χ3n) is 15.0. The van der Waals surface area contributed by atoms with Crippen molar-refractivity contribution in [1.82, 2.24) is 9.55 Å². The Hall–Kier alpha value is -5.13. The topological polar surface area (TPSA) is 39.4 Å². The average molecular weight is 850 g/mol. The van der Waals surface area contributed by atoms with E-state index in [0.717, 1.165) is 56.6 Å². The number of nitrogens with zero attached hydrogens (tertiary/aromatic N) is 3. The zero-order valence-electron chi connectivity index (χ0n) is 40.4. The Kier molecular flexibility index (Phi) is 8.94. The van der Waals surface area contributed by atoms with Crippen LogP contribution >= 0.6 is 11.8 Å². The Balaban J connectivity index is 1.16. The van der Waals surface area contributed by atoms with Crippen LogP contribution in [0.25, 0.3) is 38.8 Å². The highest BCUT2D eigenvalue weighted by Crippen LogP contribution is 2.68. The number of ether oxygens (including phenoxy) is 1. The molecule has 0 spiro atoms. The summed E-state index contributed by atoms with van der Waals surface area (Å²) in [5.41, 5.74) is 21.9. The van der Waals surface area contributed by atoms with Crippen LogP contribution in [-0.4, -0.2) is 20.1 Å². The van der Waals surface area contributed by atoms with E-state index in [-0.39, 0.29) is 26.5 Å². The lowest BCUT2D eigenvalue weighted by Gasteiger charge is -2.46. The smallest absolute Gasteiger partial charge is 0.145 e. The van der Waals surface area contributed by atoms with Gasteiger partial charge >= 0.3 is 0 Å².